The molecule has 0 spiro atoms. The molecule has 0 radical (unpaired) electrons. The first-order valence-electron chi connectivity index (χ1n) is 9.57. The summed E-state index contributed by atoms with van der Waals surface area (Å²) in [6.45, 7) is 6.02. The van der Waals surface area contributed by atoms with E-state index in [1.165, 1.54) is 0 Å². The highest BCUT2D eigenvalue weighted by Gasteiger charge is 2.33. The van der Waals surface area contributed by atoms with Crippen LogP contribution < -0.4 is 20.1 Å². The average Bonchev–Trinajstić information content (AvgIpc) is 2.71. The van der Waals surface area contributed by atoms with Gasteiger partial charge in [-0.1, -0.05) is 38.1 Å². The Labute approximate surface area is 165 Å². The molecule has 28 heavy (non-hydrogen) atoms. The zero-order valence-electron chi connectivity index (χ0n) is 16.4. The second kappa shape index (κ2) is 8.78. The molecule has 2 amide bonds. The summed E-state index contributed by atoms with van der Waals surface area (Å²) in [4.78, 5) is 24.6. The smallest absolute Gasteiger partial charge is 0.265 e. The minimum absolute atomic E-state index is 0.0102. The van der Waals surface area contributed by atoms with Crippen molar-refractivity contribution in [3.63, 3.8) is 0 Å². The Kier molecular flexibility index (Phi) is 6.19. The summed E-state index contributed by atoms with van der Waals surface area (Å²) in [6, 6.07) is 14.8. The molecule has 0 aromatic heterocycles. The van der Waals surface area contributed by atoms with Crippen LogP contribution in [0, 0.1) is 5.92 Å². The molecule has 6 nitrogen and oxygen atoms in total. The van der Waals surface area contributed by atoms with Gasteiger partial charge in [-0.05, 0) is 43.2 Å². The number of para-hydroxylation sites is 2. The van der Waals surface area contributed by atoms with Gasteiger partial charge in [-0.15, -0.1) is 0 Å². The Balaban J connectivity index is 1.59. The fourth-order valence-corrected chi connectivity index (χ4v) is 2.91. The van der Waals surface area contributed by atoms with Crippen molar-refractivity contribution >= 4 is 17.5 Å². The van der Waals surface area contributed by atoms with E-state index in [4.69, 9.17) is 9.47 Å². The number of benzene rings is 2. The molecule has 0 bridgehead atoms. The molecule has 3 atom stereocenters. The lowest BCUT2D eigenvalue weighted by Crippen LogP contribution is -2.48. The van der Waals surface area contributed by atoms with Crippen molar-refractivity contribution in [1.29, 1.82) is 0 Å². The van der Waals surface area contributed by atoms with Gasteiger partial charge >= 0.3 is 0 Å². The third-order valence-corrected chi connectivity index (χ3v) is 4.82. The Morgan fingerprint density at radius 2 is 1.79 bits per heavy atom. The molecule has 2 aromatic carbocycles. The monoisotopic (exact) mass is 382 g/mol. The standard InChI is InChI=1S/C22H26N2O4/c1-4-14(2)21(25)24-17-9-7-8-16(12-17)13-23-22(26)20-15(3)27-18-10-5-6-11-19(18)28-20/h5-12,14-15,20H,4,13H2,1-3H3,(H,23,26)(H,24,25). The number of anilines is 1. The van der Waals surface area contributed by atoms with Gasteiger partial charge in [-0.25, -0.2) is 0 Å². The first-order chi connectivity index (χ1) is 13.5. The van der Waals surface area contributed by atoms with Gasteiger partial charge in [0.15, 0.2) is 11.5 Å². The SMILES string of the molecule is CCC(C)C(=O)Nc1cccc(CNC(=O)C2Oc3ccccc3OC2C)c1. The van der Waals surface area contributed by atoms with Crippen molar-refractivity contribution in [2.24, 2.45) is 5.92 Å². The van der Waals surface area contributed by atoms with E-state index in [0.29, 0.717) is 18.0 Å². The van der Waals surface area contributed by atoms with Crippen molar-refractivity contribution in [1.82, 2.24) is 5.32 Å². The fraction of sp³-hybridized carbons (Fsp3) is 0.364. The molecule has 0 saturated carbocycles. The minimum Gasteiger partial charge on any atom is -0.482 e. The maximum atomic E-state index is 12.6. The van der Waals surface area contributed by atoms with E-state index in [-0.39, 0.29) is 17.7 Å². The number of hydrogen-bond donors (Lipinski definition) is 2. The van der Waals surface area contributed by atoms with Crippen molar-refractivity contribution in [3.05, 3.63) is 54.1 Å². The van der Waals surface area contributed by atoms with E-state index in [2.05, 4.69) is 10.6 Å². The van der Waals surface area contributed by atoms with Gasteiger partial charge in [-0.3, -0.25) is 9.59 Å². The van der Waals surface area contributed by atoms with Crippen LogP contribution in [0.4, 0.5) is 5.69 Å². The zero-order chi connectivity index (χ0) is 20.1. The molecular weight excluding hydrogens is 356 g/mol. The quantitative estimate of drug-likeness (QED) is 0.801. The van der Waals surface area contributed by atoms with Crippen molar-refractivity contribution in [3.8, 4) is 11.5 Å². The van der Waals surface area contributed by atoms with E-state index in [1.54, 1.807) is 6.07 Å². The highest BCUT2D eigenvalue weighted by molar-refractivity contribution is 5.92. The number of carbonyl (C=O) groups is 2. The largest absolute Gasteiger partial charge is 0.482 e. The predicted molar refractivity (Wildman–Crippen MR) is 107 cm³/mol. The summed E-state index contributed by atoms with van der Waals surface area (Å²) >= 11 is 0. The van der Waals surface area contributed by atoms with Gasteiger partial charge in [0, 0.05) is 18.2 Å². The van der Waals surface area contributed by atoms with E-state index in [9.17, 15) is 9.59 Å². The van der Waals surface area contributed by atoms with Crippen LogP contribution >= 0.6 is 0 Å². The number of amides is 2. The molecule has 1 heterocycles. The molecule has 0 fully saturated rings. The summed E-state index contributed by atoms with van der Waals surface area (Å²) in [5.74, 6) is 0.912. The number of nitrogens with one attached hydrogen (secondary N) is 2. The van der Waals surface area contributed by atoms with Gasteiger partial charge in [0.2, 0.25) is 12.0 Å². The van der Waals surface area contributed by atoms with E-state index in [0.717, 1.165) is 17.7 Å². The second-order valence-electron chi connectivity index (χ2n) is 7.02. The maximum absolute atomic E-state index is 12.6. The van der Waals surface area contributed by atoms with Crippen LogP contribution in [-0.4, -0.2) is 24.0 Å². The second-order valence-corrected chi connectivity index (χ2v) is 7.02. The zero-order valence-corrected chi connectivity index (χ0v) is 16.4. The highest BCUT2D eigenvalue weighted by atomic mass is 16.6. The van der Waals surface area contributed by atoms with Crippen LogP contribution in [0.2, 0.25) is 0 Å². The molecular formula is C22H26N2O4. The van der Waals surface area contributed by atoms with E-state index >= 15 is 0 Å². The van der Waals surface area contributed by atoms with Crippen LogP contribution in [0.25, 0.3) is 0 Å². The number of fused-ring (bicyclic) bond motifs is 1. The Hall–Kier alpha value is -3.02. The lowest BCUT2D eigenvalue weighted by atomic mass is 10.1. The molecule has 1 aliphatic heterocycles. The topological polar surface area (TPSA) is 76.7 Å². The fourth-order valence-electron chi connectivity index (χ4n) is 2.91. The number of carbonyl (C=O) groups excluding carboxylic acids is 2. The summed E-state index contributed by atoms with van der Waals surface area (Å²) in [7, 11) is 0. The van der Waals surface area contributed by atoms with Crippen LogP contribution in [0.3, 0.4) is 0 Å². The van der Waals surface area contributed by atoms with Crippen molar-refractivity contribution in [2.45, 2.75) is 45.9 Å². The van der Waals surface area contributed by atoms with Crippen LogP contribution in [0.15, 0.2) is 48.5 Å². The number of rotatable bonds is 6. The third kappa shape index (κ3) is 4.63. The minimum atomic E-state index is -0.719. The highest BCUT2D eigenvalue weighted by Crippen LogP contribution is 2.33. The molecule has 148 valence electrons. The van der Waals surface area contributed by atoms with Gasteiger partial charge in [0.05, 0.1) is 0 Å². The Bertz CT molecular complexity index is 852. The molecule has 3 rings (SSSR count). The first kappa shape index (κ1) is 19.7. The Morgan fingerprint density at radius 3 is 2.50 bits per heavy atom. The van der Waals surface area contributed by atoms with Gasteiger partial charge < -0.3 is 20.1 Å². The maximum Gasteiger partial charge on any atom is 0.265 e. The summed E-state index contributed by atoms with van der Waals surface area (Å²) in [6.07, 6.45) is -0.328. The van der Waals surface area contributed by atoms with Crippen molar-refractivity contribution < 1.29 is 19.1 Å². The lowest BCUT2D eigenvalue weighted by molar-refractivity contribution is -0.133. The van der Waals surface area contributed by atoms with Gasteiger partial charge in [-0.2, -0.15) is 0 Å². The molecule has 2 aromatic rings. The summed E-state index contributed by atoms with van der Waals surface area (Å²) in [5, 5.41) is 5.79. The lowest BCUT2D eigenvalue weighted by Gasteiger charge is -2.31. The Morgan fingerprint density at radius 1 is 1.07 bits per heavy atom. The first-order valence-corrected chi connectivity index (χ1v) is 9.57. The van der Waals surface area contributed by atoms with Gasteiger partial charge in [0.1, 0.15) is 6.10 Å². The van der Waals surface area contributed by atoms with Crippen LogP contribution in [0.1, 0.15) is 32.8 Å². The molecule has 6 heteroatoms. The predicted octanol–water partition coefficient (Wildman–Crippen LogP) is 3.52. The van der Waals surface area contributed by atoms with E-state index in [1.807, 2.05) is 63.2 Å². The summed E-state index contributed by atoms with van der Waals surface area (Å²) in [5.41, 5.74) is 1.61. The number of ether oxygens (including phenoxy) is 2. The molecule has 1 aliphatic rings. The van der Waals surface area contributed by atoms with Crippen LogP contribution in [0.5, 0.6) is 11.5 Å². The molecule has 3 unspecified atom stereocenters. The molecule has 2 N–H and O–H groups in total. The normalized spacial score (nSPS) is 18.8. The molecule has 0 aliphatic carbocycles. The average molecular weight is 382 g/mol. The van der Waals surface area contributed by atoms with Crippen LogP contribution in [-0.2, 0) is 16.1 Å². The summed E-state index contributed by atoms with van der Waals surface area (Å²) < 4.78 is 11.6. The van der Waals surface area contributed by atoms with Crippen molar-refractivity contribution in [2.75, 3.05) is 5.32 Å². The molecule has 0 saturated heterocycles. The van der Waals surface area contributed by atoms with E-state index < -0.39 is 12.2 Å². The third-order valence-electron chi connectivity index (χ3n) is 4.82. The number of hydrogen-bond acceptors (Lipinski definition) is 4. The van der Waals surface area contributed by atoms with Gasteiger partial charge in [0.25, 0.3) is 5.91 Å².